The summed E-state index contributed by atoms with van der Waals surface area (Å²) in [5.74, 6) is -0.726. The van der Waals surface area contributed by atoms with Gasteiger partial charge in [-0.1, -0.05) is 19.3 Å². The van der Waals surface area contributed by atoms with Gasteiger partial charge in [0.05, 0.1) is 18.8 Å². The van der Waals surface area contributed by atoms with Crippen LogP contribution < -0.4 is 0 Å². The number of rotatable bonds is 14. The molecule has 2 radical (unpaired) electrons. The van der Waals surface area contributed by atoms with Crippen LogP contribution in [0.1, 0.15) is 66.2 Å². The Morgan fingerprint density at radius 3 is 2.31 bits per heavy atom. The average molecular weight is 370 g/mol. The fourth-order valence-electron chi connectivity index (χ4n) is 2.97. The van der Waals surface area contributed by atoms with Crippen LogP contribution in [0.3, 0.4) is 0 Å². The monoisotopic (exact) mass is 370 g/mol. The fourth-order valence-corrected chi connectivity index (χ4v) is 2.97. The molecule has 0 aliphatic carbocycles. The van der Waals surface area contributed by atoms with Gasteiger partial charge in [-0.15, -0.1) is 0 Å². The van der Waals surface area contributed by atoms with Gasteiger partial charge in [-0.05, 0) is 40.5 Å². The van der Waals surface area contributed by atoms with Crippen molar-refractivity contribution in [2.24, 2.45) is 0 Å². The molecule has 7 heteroatoms. The third-order valence-corrected chi connectivity index (χ3v) is 4.21. The molecule has 0 bridgehead atoms. The first-order valence-electron chi connectivity index (χ1n) is 9.82. The lowest BCUT2D eigenvalue weighted by atomic mass is 9.92. The third-order valence-electron chi connectivity index (χ3n) is 4.21. The van der Waals surface area contributed by atoms with Gasteiger partial charge in [-0.3, -0.25) is 4.79 Å². The molecule has 1 unspecified atom stereocenters. The Labute approximate surface area is 159 Å². The van der Waals surface area contributed by atoms with E-state index in [0.29, 0.717) is 13.2 Å². The Balaban J connectivity index is 2.33. The molecule has 1 aliphatic heterocycles. The molecule has 4 atom stereocenters. The fraction of sp³-hybridized carbons (Fsp3) is 0.947. The van der Waals surface area contributed by atoms with E-state index in [1.54, 1.807) is 0 Å². The van der Waals surface area contributed by atoms with Gasteiger partial charge in [-0.2, -0.15) is 0 Å². The van der Waals surface area contributed by atoms with Crippen LogP contribution in [0.15, 0.2) is 0 Å². The van der Waals surface area contributed by atoms with E-state index in [1.165, 1.54) is 0 Å². The molecule has 1 saturated heterocycles. The van der Waals surface area contributed by atoms with Gasteiger partial charge in [0.25, 0.3) is 0 Å². The second-order valence-corrected chi connectivity index (χ2v) is 7.42. The Kier molecular flexibility index (Phi) is 11.4. The topological polar surface area (TPSA) is 74.2 Å². The molecule has 1 N–H and O–H groups in total. The van der Waals surface area contributed by atoms with Crippen molar-refractivity contribution in [2.45, 2.75) is 103 Å². The van der Waals surface area contributed by atoms with Crippen LogP contribution in [0, 0.1) is 0 Å². The summed E-state index contributed by atoms with van der Waals surface area (Å²) in [4.78, 5) is 10.5. The summed E-state index contributed by atoms with van der Waals surface area (Å²) in [6.45, 7) is 8.97. The molecular formula is C19H35BO6. The van der Waals surface area contributed by atoms with Gasteiger partial charge >= 0.3 is 5.97 Å². The molecule has 1 heterocycles. The van der Waals surface area contributed by atoms with Crippen molar-refractivity contribution >= 4 is 13.8 Å². The predicted octanol–water partition coefficient (Wildman–Crippen LogP) is 2.91. The molecule has 0 aromatic carbocycles. The van der Waals surface area contributed by atoms with Gasteiger partial charge in [-0.25, -0.2) is 0 Å². The second kappa shape index (κ2) is 12.7. The van der Waals surface area contributed by atoms with Crippen molar-refractivity contribution < 1.29 is 28.8 Å². The number of carbonyl (C=O) groups is 1. The van der Waals surface area contributed by atoms with Crippen molar-refractivity contribution in [3.05, 3.63) is 0 Å². The van der Waals surface area contributed by atoms with Crippen molar-refractivity contribution in [3.63, 3.8) is 0 Å². The molecule has 150 valence electrons. The molecule has 0 aromatic heterocycles. The first kappa shape index (κ1) is 23.4. The van der Waals surface area contributed by atoms with E-state index in [2.05, 4.69) is 0 Å². The molecule has 6 nitrogen and oxygen atoms in total. The Morgan fingerprint density at radius 2 is 1.69 bits per heavy atom. The van der Waals surface area contributed by atoms with E-state index in [4.69, 9.17) is 31.9 Å². The minimum absolute atomic E-state index is 0.0517. The lowest BCUT2D eigenvalue weighted by molar-refractivity contribution is -0.137. The molecule has 0 saturated carbocycles. The molecule has 0 spiro atoms. The Hall–Kier alpha value is -0.625. The maximum absolute atomic E-state index is 10.5. The van der Waals surface area contributed by atoms with Crippen molar-refractivity contribution in [2.75, 3.05) is 13.2 Å². The Morgan fingerprint density at radius 1 is 1.04 bits per heavy atom. The van der Waals surface area contributed by atoms with Crippen LogP contribution in [-0.4, -0.2) is 68.7 Å². The Bertz CT molecular complexity index is 390. The number of aliphatic carboxylic acids is 1. The molecule has 1 aliphatic rings. The zero-order valence-electron chi connectivity index (χ0n) is 16.7. The summed E-state index contributed by atoms with van der Waals surface area (Å²) in [7, 11) is 6.11. The van der Waals surface area contributed by atoms with Crippen molar-refractivity contribution in [3.8, 4) is 0 Å². The maximum Gasteiger partial charge on any atom is 0.303 e. The minimum atomic E-state index is -0.726. The van der Waals surface area contributed by atoms with Crippen LogP contribution in [0.4, 0.5) is 0 Å². The van der Waals surface area contributed by atoms with Gasteiger partial charge in [0, 0.05) is 19.0 Å². The van der Waals surface area contributed by atoms with E-state index < -0.39 is 12.0 Å². The van der Waals surface area contributed by atoms with Crippen LogP contribution in [0.2, 0.25) is 0 Å². The number of hydrogen-bond acceptors (Lipinski definition) is 5. The molecule has 1 rings (SSSR count). The van der Waals surface area contributed by atoms with Crippen LogP contribution in [0.5, 0.6) is 0 Å². The molecule has 1 fully saturated rings. The number of hydrogen-bond donors (Lipinski definition) is 1. The lowest BCUT2D eigenvalue weighted by Crippen LogP contribution is -2.41. The number of carboxylic acid groups (broad SMARTS) is 1. The second-order valence-electron chi connectivity index (χ2n) is 7.42. The van der Waals surface area contributed by atoms with E-state index in [9.17, 15) is 4.79 Å². The van der Waals surface area contributed by atoms with E-state index in [1.807, 2.05) is 27.7 Å². The summed E-state index contributed by atoms with van der Waals surface area (Å²) in [6, 6.07) is -0.518. The van der Waals surface area contributed by atoms with Crippen LogP contribution in [-0.2, 0) is 23.7 Å². The SMILES string of the molecule is [B][C@@H]1O[C@H](COC(C)C)[C@H](OC(C)C)C1OCCCCCCCC(=O)O. The minimum Gasteiger partial charge on any atom is -0.481 e. The van der Waals surface area contributed by atoms with Gasteiger partial charge in [0.15, 0.2) is 0 Å². The normalized spacial score (nSPS) is 26.1. The van der Waals surface area contributed by atoms with Gasteiger partial charge in [0.2, 0.25) is 0 Å². The predicted molar refractivity (Wildman–Crippen MR) is 101 cm³/mol. The highest BCUT2D eigenvalue weighted by Gasteiger charge is 2.44. The van der Waals surface area contributed by atoms with Gasteiger partial charge < -0.3 is 24.1 Å². The quantitative estimate of drug-likeness (QED) is 0.374. The first-order valence-corrected chi connectivity index (χ1v) is 9.82. The highest BCUT2D eigenvalue weighted by Crippen LogP contribution is 2.27. The first-order chi connectivity index (χ1) is 12.3. The van der Waals surface area contributed by atoms with E-state index >= 15 is 0 Å². The summed E-state index contributed by atoms with van der Waals surface area (Å²) < 4.78 is 23.5. The number of carboxylic acids is 1. The summed E-state index contributed by atoms with van der Waals surface area (Å²) in [5.41, 5.74) is 0. The van der Waals surface area contributed by atoms with Crippen molar-refractivity contribution in [1.29, 1.82) is 0 Å². The average Bonchev–Trinajstić information content (AvgIpc) is 2.82. The lowest BCUT2D eigenvalue weighted by Gasteiger charge is -2.26. The molecule has 0 amide bonds. The van der Waals surface area contributed by atoms with E-state index in [0.717, 1.165) is 32.1 Å². The molecular weight excluding hydrogens is 335 g/mol. The highest BCUT2D eigenvalue weighted by atomic mass is 16.6. The molecule has 26 heavy (non-hydrogen) atoms. The zero-order valence-corrected chi connectivity index (χ0v) is 16.7. The summed E-state index contributed by atoms with van der Waals surface area (Å²) in [5, 5.41) is 8.61. The highest BCUT2D eigenvalue weighted by molar-refractivity contribution is 6.11. The zero-order chi connectivity index (χ0) is 19.5. The van der Waals surface area contributed by atoms with E-state index in [-0.39, 0.29) is 36.9 Å². The van der Waals surface area contributed by atoms with Gasteiger partial charge in [0.1, 0.15) is 26.2 Å². The summed E-state index contributed by atoms with van der Waals surface area (Å²) >= 11 is 0. The standard InChI is InChI=1S/C19H35BO6/c1-13(2)24-12-15-17(25-14(3)4)18(19(20)26-15)23-11-9-7-5-6-8-10-16(21)22/h13-15,17-19H,5-12H2,1-4H3,(H,21,22)/t15-,17+,18?,19-/m1/s1. The largest absolute Gasteiger partial charge is 0.481 e. The van der Waals surface area contributed by atoms with Crippen LogP contribution in [0.25, 0.3) is 0 Å². The maximum atomic E-state index is 10.5. The molecule has 0 aromatic rings. The third kappa shape index (κ3) is 9.35. The smallest absolute Gasteiger partial charge is 0.303 e. The summed E-state index contributed by atoms with van der Waals surface area (Å²) in [6.07, 6.45) is 4.27. The number of ether oxygens (including phenoxy) is 4. The van der Waals surface area contributed by atoms with Crippen LogP contribution >= 0.6 is 0 Å². The van der Waals surface area contributed by atoms with Crippen molar-refractivity contribution in [1.82, 2.24) is 0 Å². The number of unbranched alkanes of at least 4 members (excludes halogenated alkanes) is 4.